The van der Waals surface area contributed by atoms with E-state index in [1.54, 1.807) is 11.1 Å². The number of nitrogens with zero attached hydrogens (tertiary/aromatic N) is 2. The van der Waals surface area contributed by atoms with Crippen molar-refractivity contribution in [3.8, 4) is 17.0 Å². The first kappa shape index (κ1) is 20.3. The van der Waals surface area contributed by atoms with Gasteiger partial charge >= 0.3 is 0 Å². The number of fused-ring (bicyclic) bond motifs is 1. The molecule has 0 radical (unpaired) electrons. The normalized spacial score (nSPS) is 20.8. The summed E-state index contributed by atoms with van der Waals surface area (Å²) in [5.74, 6) is 0.287. The molecule has 0 bridgehead atoms. The van der Waals surface area contributed by atoms with Gasteiger partial charge in [0.15, 0.2) is 0 Å². The number of aryl methyl sites for hydroxylation is 1. The van der Waals surface area contributed by atoms with Gasteiger partial charge in [-0.1, -0.05) is 31.2 Å². The summed E-state index contributed by atoms with van der Waals surface area (Å²) >= 11 is 0. The first-order valence-corrected chi connectivity index (χ1v) is 9.75. The molecule has 1 aliphatic rings. The predicted molar refractivity (Wildman–Crippen MR) is 110 cm³/mol. The molecule has 0 fully saturated rings. The van der Waals surface area contributed by atoms with Gasteiger partial charge in [-0.3, -0.25) is 4.79 Å². The maximum atomic E-state index is 13.3. The van der Waals surface area contributed by atoms with Crippen molar-refractivity contribution in [2.45, 2.75) is 32.9 Å². The third-order valence-electron chi connectivity index (χ3n) is 5.38. The second-order valence-corrected chi connectivity index (χ2v) is 7.57. The zero-order valence-corrected chi connectivity index (χ0v) is 17.0. The second-order valence-electron chi connectivity index (χ2n) is 7.57. The molecule has 1 aromatic carbocycles. The molecule has 0 saturated heterocycles. The van der Waals surface area contributed by atoms with Gasteiger partial charge in [-0.15, -0.1) is 0 Å². The van der Waals surface area contributed by atoms with E-state index in [1.807, 2.05) is 51.2 Å². The van der Waals surface area contributed by atoms with Crippen LogP contribution in [-0.4, -0.2) is 59.8 Å². The fourth-order valence-electron chi connectivity index (χ4n) is 3.59. The van der Waals surface area contributed by atoms with Crippen molar-refractivity contribution in [2.75, 3.05) is 26.7 Å². The Bertz CT molecular complexity index is 840. The summed E-state index contributed by atoms with van der Waals surface area (Å²) in [4.78, 5) is 19.6. The van der Waals surface area contributed by atoms with Crippen LogP contribution in [-0.2, 0) is 0 Å². The minimum atomic E-state index is -0.279. The van der Waals surface area contributed by atoms with Gasteiger partial charge in [-0.25, -0.2) is 4.98 Å². The molecule has 0 unspecified atom stereocenters. The molecule has 0 saturated carbocycles. The summed E-state index contributed by atoms with van der Waals surface area (Å²) in [7, 11) is 1.88. The van der Waals surface area contributed by atoms with Crippen LogP contribution >= 0.6 is 0 Å². The monoisotopic (exact) mass is 383 g/mol. The van der Waals surface area contributed by atoms with E-state index in [0.29, 0.717) is 24.5 Å². The fourth-order valence-corrected chi connectivity index (χ4v) is 3.59. The SMILES string of the molecule is CNC[C@H]1Oc2ncc(-c3ccccc3C)cc2C(=O)N([C@@H](C)CO)C[C@H]1C. The average Bonchev–Trinajstić information content (AvgIpc) is 2.70. The van der Waals surface area contributed by atoms with Crippen LogP contribution in [0.25, 0.3) is 11.1 Å². The lowest BCUT2D eigenvalue weighted by Gasteiger charge is -2.36. The second kappa shape index (κ2) is 8.71. The van der Waals surface area contributed by atoms with E-state index in [-0.39, 0.29) is 30.6 Å². The minimum Gasteiger partial charge on any atom is -0.472 e. The lowest BCUT2D eigenvalue weighted by Crippen LogP contribution is -2.49. The largest absolute Gasteiger partial charge is 0.472 e. The summed E-state index contributed by atoms with van der Waals surface area (Å²) in [5, 5.41) is 12.8. The Morgan fingerprint density at radius 1 is 1.36 bits per heavy atom. The zero-order valence-electron chi connectivity index (χ0n) is 17.0. The Kier molecular flexibility index (Phi) is 6.31. The highest BCUT2D eigenvalue weighted by molar-refractivity contribution is 5.98. The van der Waals surface area contributed by atoms with Crippen molar-refractivity contribution in [3.63, 3.8) is 0 Å². The van der Waals surface area contributed by atoms with Crippen LogP contribution in [0.3, 0.4) is 0 Å². The third-order valence-corrected chi connectivity index (χ3v) is 5.38. The molecule has 0 spiro atoms. The van der Waals surface area contributed by atoms with Crippen LogP contribution in [0.5, 0.6) is 5.88 Å². The molecule has 1 amide bonds. The summed E-state index contributed by atoms with van der Waals surface area (Å²) in [6.45, 7) is 7.03. The number of benzene rings is 1. The summed E-state index contributed by atoms with van der Waals surface area (Å²) in [6.07, 6.45) is 1.64. The third kappa shape index (κ3) is 4.03. The Morgan fingerprint density at radius 3 is 2.79 bits per heavy atom. The zero-order chi connectivity index (χ0) is 20.3. The van der Waals surface area contributed by atoms with E-state index < -0.39 is 0 Å². The van der Waals surface area contributed by atoms with Crippen LogP contribution in [0, 0.1) is 12.8 Å². The molecular formula is C22H29N3O3. The lowest BCUT2D eigenvalue weighted by atomic mass is 9.98. The van der Waals surface area contributed by atoms with Crippen LogP contribution in [0.4, 0.5) is 0 Å². The summed E-state index contributed by atoms with van der Waals surface area (Å²) in [5.41, 5.74) is 3.47. The fraction of sp³-hybridized carbons (Fsp3) is 0.455. The van der Waals surface area contributed by atoms with Crippen LogP contribution in [0.2, 0.25) is 0 Å². The average molecular weight is 383 g/mol. The number of rotatable bonds is 5. The first-order chi connectivity index (χ1) is 13.5. The lowest BCUT2D eigenvalue weighted by molar-refractivity contribution is 0.0404. The summed E-state index contributed by atoms with van der Waals surface area (Å²) < 4.78 is 6.16. The van der Waals surface area contributed by atoms with Crippen molar-refractivity contribution < 1.29 is 14.6 Å². The van der Waals surface area contributed by atoms with Crippen molar-refractivity contribution in [1.82, 2.24) is 15.2 Å². The predicted octanol–water partition coefficient (Wildman–Crippen LogP) is 2.50. The van der Waals surface area contributed by atoms with Gasteiger partial charge in [-0.2, -0.15) is 0 Å². The molecule has 3 rings (SSSR count). The minimum absolute atomic E-state index is 0.0870. The molecule has 2 N–H and O–H groups in total. The molecule has 150 valence electrons. The molecule has 2 heterocycles. The number of aliphatic hydroxyl groups excluding tert-OH is 1. The number of pyridine rings is 1. The molecule has 6 nitrogen and oxygen atoms in total. The number of aliphatic hydroxyl groups is 1. The van der Waals surface area contributed by atoms with E-state index in [0.717, 1.165) is 16.7 Å². The van der Waals surface area contributed by atoms with Gasteiger partial charge in [0, 0.05) is 30.8 Å². The molecular weight excluding hydrogens is 354 g/mol. The number of nitrogens with one attached hydrogen (secondary N) is 1. The van der Waals surface area contributed by atoms with Crippen molar-refractivity contribution in [2.24, 2.45) is 5.92 Å². The first-order valence-electron chi connectivity index (χ1n) is 9.75. The number of likely N-dealkylation sites (N-methyl/N-ethyl adjacent to an activating group) is 1. The number of ether oxygens (including phenoxy) is 1. The summed E-state index contributed by atoms with van der Waals surface area (Å²) in [6, 6.07) is 9.60. The molecule has 1 aromatic heterocycles. The standard InChI is InChI=1S/C22H29N3O3/c1-14-7-5-6-8-18(14)17-9-19-21(24-10-17)28-20(11-23-4)15(2)12-25(22(19)27)16(3)13-26/h5-10,15-16,20,23,26H,11-13H2,1-4H3/t15-,16+,20-/m1/s1. The van der Waals surface area contributed by atoms with Crippen molar-refractivity contribution in [1.29, 1.82) is 0 Å². The van der Waals surface area contributed by atoms with E-state index in [9.17, 15) is 9.90 Å². The molecule has 1 aliphatic heterocycles. The number of amides is 1. The van der Waals surface area contributed by atoms with E-state index in [4.69, 9.17) is 4.74 Å². The molecule has 6 heteroatoms. The highest BCUT2D eigenvalue weighted by Gasteiger charge is 2.33. The highest BCUT2D eigenvalue weighted by Crippen LogP contribution is 2.31. The molecule has 2 aromatic rings. The number of carbonyl (C=O) groups is 1. The number of hydrogen-bond acceptors (Lipinski definition) is 5. The topological polar surface area (TPSA) is 74.7 Å². The van der Waals surface area contributed by atoms with Gasteiger partial charge in [0.05, 0.1) is 12.6 Å². The number of carbonyl (C=O) groups excluding carboxylic acids is 1. The molecule has 3 atom stereocenters. The molecule has 28 heavy (non-hydrogen) atoms. The Hall–Kier alpha value is -2.44. The maximum absolute atomic E-state index is 13.3. The smallest absolute Gasteiger partial charge is 0.259 e. The Balaban J connectivity index is 2.09. The van der Waals surface area contributed by atoms with E-state index >= 15 is 0 Å². The van der Waals surface area contributed by atoms with Crippen LogP contribution < -0.4 is 10.1 Å². The van der Waals surface area contributed by atoms with Gasteiger partial charge in [0.25, 0.3) is 5.91 Å². The maximum Gasteiger partial charge on any atom is 0.259 e. The quantitative estimate of drug-likeness (QED) is 0.830. The van der Waals surface area contributed by atoms with Crippen molar-refractivity contribution >= 4 is 5.91 Å². The van der Waals surface area contributed by atoms with Gasteiger partial charge in [-0.05, 0) is 38.1 Å². The van der Waals surface area contributed by atoms with Crippen molar-refractivity contribution in [3.05, 3.63) is 47.7 Å². The van der Waals surface area contributed by atoms with E-state index in [1.165, 1.54) is 0 Å². The highest BCUT2D eigenvalue weighted by atomic mass is 16.5. The number of aromatic nitrogens is 1. The van der Waals surface area contributed by atoms with Crippen LogP contribution in [0.1, 0.15) is 29.8 Å². The van der Waals surface area contributed by atoms with Gasteiger partial charge < -0.3 is 20.1 Å². The molecule has 0 aliphatic carbocycles. The van der Waals surface area contributed by atoms with Gasteiger partial charge in [0.1, 0.15) is 11.7 Å². The van der Waals surface area contributed by atoms with Crippen LogP contribution in [0.15, 0.2) is 36.5 Å². The Labute approximate surface area is 166 Å². The Morgan fingerprint density at radius 2 is 2.11 bits per heavy atom. The van der Waals surface area contributed by atoms with Gasteiger partial charge in [0.2, 0.25) is 5.88 Å². The number of hydrogen-bond donors (Lipinski definition) is 2. The van der Waals surface area contributed by atoms with E-state index in [2.05, 4.69) is 17.2 Å².